The lowest BCUT2D eigenvalue weighted by molar-refractivity contribution is -0.146. The summed E-state index contributed by atoms with van der Waals surface area (Å²) in [5.41, 5.74) is 0.660. The largest absolute Gasteiger partial charge is 0.486 e. The summed E-state index contributed by atoms with van der Waals surface area (Å²) in [7, 11) is 1.28. The van der Waals surface area contributed by atoms with Gasteiger partial charge in [-0.05, 0) is 18.1 Å². The highest BCUT2D eigenvalue weighted by atomic mass is 16.6. The zero-order valence-corrected chi connectivity index (χ0v) is 15.7. The van der Waals surface area contributed by atoms with Crippen molar-refractivity contribution in [2.45, 2.75) is 26.3 Å². The van der Waals surface area contributed by atoms with Crippen LogP contribution in [0.4, 0.5) is 5.69 Å². The Bertz CT molecular complexity index is 748. The van der Waals surface area contributed by atoms with Gasteiger partial charge in [-0.25, -0.2) is 4.79 Å². The summed E-state index contributed by atoms with van der Waals surface area (Å²) in [4.78, 5) is 38.5. The van der Waals surface area contributed by atoms with Crippen molar-refractivity contribution in [1.82, 2.24) is 5.32 Å². The summed E-state index contributed by atoms with van der Waals surface area (Å²) < 4.78 is 15.8. The molecule has 27 heavy (non-hydrogen) atoms. The summed E-state index contributed by atoms with van der Waals surface area (Å²) in [5, 5.41) is 2.71. The van der Waals surface area contributed by atoms with Crippen molar-refractivity contribution < 1.29 is 28.6 Å². The minimum absolute atomic E-state index is 0.0895. The highest BCUT2D eigenvalue weighted by Gasteiger charge is 2.37. The van der Waals surface area contributed by atoms with Gasteiger partial charge in [-0.3, -0.25) is 9.59 Å². The van der Waals surface area contributed by atoms with Crippen molar-refractivity contribution in [2.75, 3.05) is 31.8 Å². The first-order chi connectivity index (χ1) is 12.9. The Morgan fingerprint density at radius 3 is 2.59 bits per heavy atom. The van der Waals surface area contributed by atoms with E-state index < -0.39 is 17.9 Å². The molecule has 0 unspecified atom stereocenters. The Morgan fingerprint density at radius 2 is 1.93 bits per heavy atom. The maximum atomic E-state index is 12.6. The molecule has 1 N–H and O–H groups in total. The van der Waals surface area contributed by atoms with Gasteiger partial charge in [0, 0.05) is 24.7 Å². The first-order valence-electron chi connectivity index (χ1n) is 8.99. The number of carbonyl (C=O) groups excluding carboxylic acids is 3. The number of rotatable bonds is 5. The van der Waals surface area contributed by atoms with E-state index in [9.17, 15) is 14.4 Å². The Morgan fingerprint density at radius 1 is 1.22 bits per heavy atom. The topological polar surface area (TPSA) is 94.2 Å². The minimum atomic E-state index is -0.735. The molecule has 1 aromatic rings. The molecule has 8 heteroatoms. The number of anilines is 1. The highest BCUT2D eigenvalue weighted by molar-refractivity contribution is 6.01. The van der Waals surface area contributed by atoms with Crippen molar-refractivity contribution in [3.63, 3.8) is 0 Å². The maximum Gasteiger partial charge on any atom is 0.328 e. The van der Waals surface area contributed by atoms with E-state index in [2.05, 4.69) is 5.32 Å². The SMILES string of the molecule is COC(=O)[C@@H](NC(=O)[C@@H]1CC(=O)N(c2ccc3c(c2)OCCO3)C1)C(C)C. The third-order valence-corrected chi connectivity index (χ3v) is 4.75. The summed E-state index contributed by atoms with van der Waals surface area (Å²) in [6.45, 7) is 4.84. The molecule has 146 valence electrons. The van der Waals surface area contributed by atoms with E-state index >= 15 is 0 Å². The average molecular weight is 376 g/mol. The predicted molar refractivity (Wildman–Crippen MR) is 96.7 cm³/mol. The molecule has 8 nitrogen and oxygen atoms in total. The van der Waals surface area contributed by atoms with Gasteiger partial charge in [0.05, 0.1) is 13.0 Å². The first kappa shape index (κ1) is 19.0. The number of nitrogens with zero attached hydrogens (tertiary/aromatic N) is 1. The van der Waals surface area contributed by atoms with Gasteiger partial charge < -0.3 is 24.4 Å². The number of esters is 1. The van der Waals surface area contributed by atoms with Gasteiger partial charge in [0.2, 0.25) is 11.8 Å². The van der Waals surface area contributed by atoms with Gasteiger partial charge in [0.15, 0.2) is 11.5 Å². The molecule has 0 aliphatic carbocycles. The van der Waals surface area contributed by atoms with Gasteiger partial charge in [-0.2, -0.15) is 0 Å². The Labute approximate surface area is 157 Å². The standard InChI is InChI=1S/C19H24N2O6/c1-11(2)17(19(24)25-3)20-18(23)12-8-16(22)21(10-12)13-4-5-14-15(9-13)27-7-6-26-14/h4-5,9,11-12,17H,6-8,10H2,1-3H3,(H,20,23)/t12-,17+/m1/s1. The van der Waals surface area contributed by atoms with Crippen LogP contribution in [0.3, 0.4) is 0 Å². The second kappa shape index (κ2) is 7.85. The fourth-order valence-electron chi connectivity index (χ4n) is 3.23. The molecular weight excluding hydrogens is 352 g/mol. The van der Waals surface area contributed by atoms with Crippen molar-refractivity contribution in [1.29, 1.82) is 0 Å². The first-order valence-corrected chi connectivity index (χ1v) is 8.99. The quantitative estimate of drug-likeness (QED) is 0.774. The van der Waals surface area contributed by atoms with Gasteiger partial charge in [0.1, 0.15) is 19.3 Å². The number of hydrogen-bond acceptors (Lipinski definition) is 6. The molecule has 2 amide bonds. The van der Waals surface area contributed by atoms with E-state index in [4.69, 9.17) is 14.2 Å². The van der Waals surface area contributed by atoms with Crippen LogP contribution in [0.1, 0.15) is 20.3 Å². The smallest absolute Gasteiger partial charge is 0.328 e. The van der Waals surface area contributed by atoms with Crippen molar-refractivity contribution in [3.05, 3.63) is 18.2 Å². The molecule has 2 heterocycles. The van der Waals surface area contributed by atoms with Crippen LogP contribution in [-0.4, -0.2) is 50.7 Å². The summed E-state index contributed by atoms with van der Waals surface area (Å²) in [5.74, 6) is -0.386. The number of amides is 2. The average Bonchev–Trinajstić information content (AvgIpc) is 3.06. The molecule has 0 radical (unpaired) electrons. The molecule has 2 atom stereocenters. The summed E-state index contributed by atoms with van der Waals surface area (Å²) in [6.07, 6.45) is 0.0895. The number of hydrogen-bond donors (Lipinski definition) is 1. The fourth-order valence-corrected chi connectivity index (χ4v) is 3.23. The lowest BCUT2D eigenvalue weighted by Crippen LogP contribution is -2.47. The number of carbonyl (C=O) groups is 3. The lowest BCUT2D eigenvalue weighted by atomic mass is 10.0. The Balaban J connectivity index is 1.69. The Hall–Kier alpha value is -2.77. The second-order valence-corrected chi connectivity index (χ2v) is 6.99. The van der Waals surface area contributed by atoms with E-state index in [0.717, 1.165) is 0 Å². The third-order valence-electron chi connectivity index (χ3n) is 4.75. The molecule has 3 rings (SSSR count). The molecule has 1 fully saturated rings. The third kappa shape index (κ3) is 3.99. The monoisotopic (exact) mass is 376 g/mol. The molecule has 2 aliphatic heterocycles. The molecule has 0 bridgehead atoms. The van der Waals surface area contributed by atoms with Crippen LogP contribution in [0.15, 0.2) is 18.2 Å². The lowest BCUT2D eigenvalue weighted by Gasteiger charge is -2.23. The number of methoxy groups -OCH3 is 1. The van der Waals surface area contributed by atoms with E-state index in [1.807, 2.05) is 13.8 Å². The number of benzene rings is 1. The van der Waals surface area contributed by atoms with E-state index in [1.165, 1.54) is 7.11 Å². The number of ether oxygens (including phenoxy) is 3. The fraction of sp³-hybridized carbons (Fsp3) is 0.526. The van der Waals surface area contributed by atoms with E-state index in [0.29, 0.717) is 30.4 Å². The molecule has 2 aliphatic rings. The van der Waals surface area contributed by atoms with E-state index in [-0.39, 0.29) is 30.7 Å². The van der Waals surface area contributed by atoms with Crippen LogP contribution >= 0.6 is 0 Å². The van der Waals surface area contributed by atoms with Crippen LogP contribution in [0, 0.1) is 11.8 Å². The maximum absolute atomic E-state index is 12.6. The zero-order chi connectivity index (χ0) is 19.6. The van der Waals surface area contributed by atoms with Crippen LogP contribution in [0.2, 0.25) is 0 Å². The van der Waals surface area contributed by atoms with Crippen LogP contribution in [0.5, 0.6) is 11.5 Å². The normalized spacial score (nSPS) is 19.8. The molecule has 1 aromatic carbocycles. The van der Waals surface area contributed by atoms with Crippen LogP contribution < -0.4 is 19.7 Å². The molecule has 0 saturated carbocycles. The summed E-state index contributed by atoms with van der Waals surface area (Å²) in [6, 6.07) is 4.55. The molecule has 1 saturated heterocycles. The molecule has 0 aromatic heterocycles. The van der Waals surface area contributed by atoms with Crippen LogP contribution in [-0.2, 0) is 19.1 Å². The predicted octanol–water partition coefficient (Wildman–Crippen LogP) is 1.12. The Kier molecular flexibility index (Phi) is 5.53. The second-order valence-electron chi connectivity index (χ2n) is 6.99. The van der Waals surface area contributed by atoms with Crippen molar-refractivity contribution >= 4 is 23.5 Å². The zero-order valence-electron chi connectivity index (χ0n) is 15.7. The van der Waals surface area contributed by atoms with E-state index in [1.54, 1.807) is 23.1 Å². The highest BCUT2D eigenvalue weighted by Crippen LogP contribution is 2.36. The number of nitrogens with one attached hydrogen (secondary N) is 1. The van der Waals surface area contributed by atoms with Gasteiger partial charge in [-0.15, -0.1) is 0 Å². The van der Waals surface area contributed by atoms with Gasteiger partial charge in [0.25, 0.3) is 0 Å². The van der Waals surface area contributed by atoms with Gasteiger partial charge >= 0.3 is 5.97 Å². The van der Waals surface area contributed by atoms with Gasteiger partial charge in [-0.1, -0.05) is 13.8 Å². The van der Waals surface area contributed by atoms with Crippen molar-refractivity contribution in [2.24, 2.45) is 11.8 Å². The van der Waals surface area contributed by atoms with Crippen LogP contribution in [0.25, 0.3) is 0 Å². The van der Waals surface area contributed by atoms with Crippen molar-refractivity contribution in [3.8, 4) is 11.5 Å². The minimum Gasteiger partial charge on any atom is -0.486 e. The molecule has 0 spiro atoms. The molecular formula is C19H24N2O6. The summed E-state index contributed by atoms with van der Waals surface area (Å²) >= 11 is 0. The number of fused-ring (bicyclic) bond motifs is 1.